The molecule has 17 heavy (non-hydrogen) atoms. The van der Waals surface area contributed by atoms with Crippen LogP contribution in [0, 0.1) is 13.8 Å². The van der Waals surface area contributed by atoms with Gasteiger partial charge in [-0.15, -0.1) is 0 Å². The molecule has 1 aromatic heterocycles. The van der Waals surface area contributed by atoms with Crippen LogP contribution < -0.4 is 0 Å². The molecule has 0 amide bonds. The van der Waals surface area contributed by atoms with Crippen LogP contribution in [-0.2, 0) is 6.42 Å². The van der Waals surface area contributed by atoms with Gasteiger partial charge in [-0.3, -0.25) is 9.78 Å². The number of benzene rings is 1. The number of pyridine rings is 1. The Morgan fingerprint density at radius 1 is 1.06 bits per heavy atom. The van der Waals surface area contributed by atoms with Crippen LogP contribution in [0.25, 0.3) is 0 Å². The highest BCUT2D eigenvalue weighted by atomic mass is 16.1. The molecular weight excluding hydrogens is 210 g/mol. The number of nitrogens with zero attached hydrogens (tertiary/aromatic N) is 1. The third kappa shape index (κ3) is 3.00. The Bertz CT molecular complexity index is 529. The third-order valence-corrected chi connectivity index (χ3v) is 2.68. The second-order valence-corrected chi connectivity index (χ2v) is 4.34. The molecule has 0 atom stereocenters. The normalized spacial score (nSPS) is 10.2. The van der Waals surface area contributed by atoms with Crippen molar-refractivity contribution in [3.63, 3.8) is 0 Å². The average Bonchev–Trinajstić information content (AvgIpc) is 2.32. The summed E-state index contributed by atoms with van der Waals surface area (Å²) in [6.45, 7) is 3.98. The van der Waals surface area contributed by atoms with Gasteiger partial charge in [0.15, 0.2) is 5.78 Å². The number of Topliss-reactive ketones (excluding diaryl/α,β-unsaturated/α-hetero) is 1. The number of hydrogen-bond acceptors (Lipinski definition) is 2. The van der Waals surface area contributed by atoms with E-state index in [1.807, 2.05) is 44.2 Å². The first-order valence-corrected chi connectivity index (χ1v) is 5.65. The zero-order valence-corrected chi connectivity index (χ0v) is 10.1. The van der Waals surface area contributed by atoms with Crippen molar-refractivity contribution in [1.82, 2.24) is 4.98 Å². The molecule has 1 heterocycles. The molecule has 0 aliphatic carbocycles. The number of aryl methyl sites for hydroxylation is 2. The first-order valence-electron chi connectivity index (χ1n) is 5.65. The fraction of sp³-hybridized carbons (Fsp3) is 0.200. The molecular formula is C15H15NO. The van der Waals surface area contributed by atoms with Gasteiger partial charge in [0, 0.05) is 24.4 Å². The predicted octanol–water partition coefficient (Wildman–Crippen LogP) is 3.12. The maximum Gasteiger partial charge on any atom is 0.168 e. The molecule has 0 aliphatic heterocycles. The van der Waals surface area contributed by atoms with Gasteiger partial charge in [-0.05, 0) is 31.0 Å². The van der Waals surface area contributed by atoms with Gasteiger partial charge in [0.05, 0.1) is 0 Å². The van der Waals surface area contributed by atoms with Crippen molar-refractivity contribution in [2.45, 2.75) is 20.3 Å². The summed E-state index contributed by atoms with van der Waals surface area (Å²) in [6, 6.07) is 9.92. The lowest BCUT2D eigenvalue weighted by molar-refractivity contribution is 0.0992. The highest BCUT2D eigenvalue weighted by Gasteiger charge is 2.07. The Balaban J connectivity index is 2.14. The molecule has 0 saturated heterocycles. The summed E-state index contributed by atoms with van der Waals surface area (Å²) in [5, 5.41) is 0. The number of carbonyl (C=O) groups excluding carboxylic acids is 1. The standard InChI is InChI=1S/C15H15NO/c1-11-3-5-13(6-4-11)8-15(17)14-7-12(2)9-16-10-14/h3-7,9-10H,8H2,1-2H3. The lowest BCUT2D eigenvalue weighted by atomic mass is 10.0. The van der Waals surface area contributed by atoms with E-state index in [-0.39, 0.29) is 5.78 Å². The number of aromatic nitrogens is 1. The van der Waals surface area contributed by atoms with Crippen LogP contribution in [0.4, 0.5) is 0 Å². The van der Waals surface area contributed by atoms with Crippen molar-refractivity contribution in [1.29, 1.82) is 0 Å². The highest BCUT2D eigenvalue weighted by Crippen LogP contribution is 2.09. The fourth-order valence-corrected chi connectivity index (χ4v) is 1.70. The summed E-state index contributed by atoms with van der Waals surface area (Å²) in [4.78, 5) is 16.1. The van der Waals surface area contributed by atoms with Gasteiger partial charge in [-0.25, -0.2) is 0 Å². The minimum atomic E-state index is 0.116. The lowest BCUT2D eigenvalue weighted by Gasteiger charge is -2.02. The summed E-state index contributed by atoms with van der Waals surface area (Å²) >= 11 is 0. The number of hydrogen-bond donors (Lipinski definition) is 0. The topological polar surface area (TPSA) is 30.0 Å². The summed E-state index contributed by atoms with van der Waals surface area (Å²) in [5.41, 5.74) is 3.95. The van der Waals surface area contributed by atoms with Crippen LogP contribution in [0.3, 0.4) is 0 Å². The molecule has 2 nitrogen and oxygen atoms in total. The fourth-order valence-electron chi connectivity index (χ4n) is 1.70. The van der Waals surface area contributed by atoms with E-state index in [0.29, 0.717) is 12.0 Å². The number of ketones is 1. The number of carbonyl (C=O) groups is 1. The third-order valence-electron chi connectivity index (χ3n) is 2.68. The molecule has 0 spiro atoms. The molecule has 2 heteroatoms. The highest BCUT2D eigenvalue weighted by molar-refractivity contribution is 5.97. The Labute approximate surface area is 101 Å². The van der Waals surface area contributed by atoms with Crippen LogP contribution in [0.5, 0.6) is 0 Å². The van der Waals surface area contributed by atoms with Gasteiger partial charge >= 0.3 is 0 Å². The maximum atomic E-state index is 12.0. The first-order chi connectivity index (χ1) is 8.15. The molecule has 1 aromatic carbocycles. The molecule has 2 aromatic rings. The van der Waals surface area contributed by atoms with Gasteiger partial charge in [0.1, 0.15) is 0 Å². The Kier molecular flexibility index (Phi) is 3.33. The van der Waals surface area contributed by atoms with Crippen molar-refractivity contribution in [3.05, 3.63) is 65.0 Å². The minimum absolute atomic E-state index is 0.116. The molecule has 0 aliphatic rings. The van der Waals surface area contributed by atoms with Gasteiger partial charge in [-0.2, -0.15) is 0 Å². The maximum absolute atomic E-state index is 12.0. The van der Waals surface area contributed by atoms with Gasteiger partial charge in [0.2, 0.25) is 0 Å². The monoisotopic (exact) mass is 225 g/mol. The first kappa shape index (κ1) is 11.5. The van der Waals surface area contributed by atoms with Crippen molar-refractivity contribution in [3.8, 4) is 0 Å². The summed E-state index contributed by atoms with van der Waals surface area (Å²) in [7, 11) is 0. The second kappa shape index (κ2) is 4.91. The van der Waals surface area contributed by atoms with E-state index < -0.39 is 0 Å². The number of rotatable bonds is 3. The predicted molar refractivity (Wildman–Crippen MR) is 68.2 cm³/mol. The van der Waals surface area contributed by atoms with E-state index in [4.69, 9.17) is 0 Å². The van der Waals surface area contributed by atoms with E-state index in [1.165, 1.54) is 5.56 Å². The SMILES string of the molecule is Cc1ccc(CC(=O)c2cncc(C)c2)cc1. The molecule has 2 rings (SSSR count). The Morgan fingerprint density at radius 2 is 1.76 bits per heavy atom. The average molecular weight is 225 g/mol. The smallest absolute Gasteiger partial charge is 0.168 e. The van der Waals surface area contributed by atoms with E-state index in [2.05, 4.69) is 4.98 Å². The Hall–Kier alpha value is -1.96. The molecule has 0 N–H and O–H groups in total. The minimum Gasteiger partial charge on any atom is -0.294 e. The summed E-state index contributed by atoms with van der Waals surface area (Å²) in [5.74, 6) is 0.116. The van der Waals surface area contributed by atoms with E-state index in [9.17, 15) is 4.79 Å². The molecule has 0 unspecified atom stereocenters. The molecule has 0 fully saturated rings. The van der Waals surface area contributed by atoms with Gasteiger partial charge < -0.3 is 0 Å². The van der Waals surface area contributed by atoms with Crippen molar-refractivity contribution in [2.24, 2.45) is 0 Å². The van der Waals surface area contributed by atoms with Gasteiger partial charge in [0.25, 0.3) is 0 Å². The largest absolute Gasteiger partial charge is 0.294 e. The van der Waals surface area contributed by atoms with Crippen LogP contribution in [-0.4, -0.2) is 10.8 Å². The van der Waals surface area contributed by atoms with Crippen LogP contribution >= 0.6 is 0 Å². The Morgan fingerprint density at radius 3 is 2.41 bits per heavy atom. The molecule has 0 radical (unpaired) electrons. The van der Waals surface area contributed by atoms with Crippen LogP contribution in [0.15, 0.2) is 42.7 Å². The van der Waals surface area contributed by atoms with E-state index >= 15 is 0 Å². The summed E-state index contributed by atoms with van der Waals surface area (Å²) < 4.78 is 0. The zero-order valence-electron chi connectivity index (χ0n) is 10.1. The zero-order chi connectivity index (χ0) is 12.3. The van der Waals surface area contributed by atoms with Crippen molar-refractivity contribution in [2.75, 3.05) is 0 Å². The van der Waals surface area contributed by atoms with Crippen molar-refractivity contribution < 1.29 is 4.79 Å². The second-order valence-electron chi connectivity index (χ2n) is 4.34. The summed E-state index contributed by atoms with van der Waals surface area (Å²) in [6.07, 6.45) is 3.82. The lowest BCUT2D eigenvalue weighted by Crippen LogP contribution is -2.04. The van der Waals surface area contributed by atoms with Crippen molar-refractivity contribution >= 4 is 5.78 Å². The molecule has 0 saturated carbocycles. The van der Waals surface area contributed by atoms with Crippen LogP contribution in [0.2, 0.25) is 0 Å². The van der Waals surface area contributed by atoms with E-state index in [1.54, 1.807) is 12.4 Å². The quantitative estimate of drug-likeness (QED) is 0.751. The molecule has 0 bridgehead atoms. The molecule has 86 valence electrons. The van der Waals surface area contributed by atoms with Crippen LogP contribution in [0.1, 0.15) is 27.0 Å². The van der Waals surface area contributed by atoms with E-state index in [0.717, 1.165) is 11.1 Å². The van der Waals surface area contributed by atoms with Gasteiger partial charge in [-0.1, -0.05) is 29.8 Å².